The SMILES string of the molecule is CCC(N)(CC)c1nnc2n1CCCC2. The monoisotopic (exact) mass is 208 g/mol. The van der Waals surface area contributed by atoms with E-state index in [0.717, 1.165) is 37.5 Å². The van der Waals surface area contributed by atoms with Crippen LogP contribution < -0.4 is 5.73 Å². The molecule has 2 N–H and O–H groups in total. The average molecular weight is 208 g/mol. The van der Waals surface area contributed by atoms with Gasteiger partial charge in [-0.15, -0.1) is 10.2 Å². The van der Waals surface area contributed by atoms with Crippen molar-refractivity contribution in [3.05, 3.63) is 11.6 Å². The van der Waals surface area contributed by atoms with Gasteiger partial charge in [-0.25, -0.2) is 0 Å². The minimum Gasteiger partial charge on any atom is -0.319 e. The molecule has 84 valence electrons. The van der Waals surface area contributed by atoms with Crippen LogP contribution in [0.3, 0.4) is 0 Å². The Balaban J connectivity index is 2.39. The van der Waals surface area contributed by atoms with Crippen LogP contribution in [-0.4, -0.2) is 14.8 Å². The van der Waals surface area contributed by atoms with Crippen molar-refractivity contribution in [1.29, 1.82) is 0 Å². The Kier molecular flexibility index (Phi) is 2.78. The van der Waals surface area contributed by atoms with Crippen LogP contribution in [0.4, 0.5) is 0 Å². The number of nitrogens with two attached hydrogens (primary N) is 1. The van der Waals surface area contributed by atoms with Crippen LogP contribution >= 0.6 is 0 Å². The summed E-state index contributed by atoms with van der Waals surface area (Å²) in [5.74, 6) is 2.11. The van der Waals surface area contributed by atoms with Crippen molar-refractivity contribution in [2.45, 2.75) is 58.0 Å². The molecule has 1 aliphatic heterocycles. The van der Waals surface area contributed by atoms with Crippen molar-refractivity contribution >= 4 is 0 Å². The highest BCUT2D eigenvalue weighted by Crippen LogP contribution is 2.26. The molecule has 0 spiro atoms. The second-order valence-corrected chi connectivity index (χ2v) is 4.41. The lowest BCUT2D eigenvalue weighted by molar-refractivity contribution is 0.357. The van der Waals surface area contributed by atoms with Crippen LogP contribution in [0, 0.1) is 0 Å². The van der Waals surface area contributed by atoms with Gasteiger partial charge in [0.25, 0.3) is 0 Å². The zero-order valence-electron chi connectivity index (χ0n) is 9.66. The van der Waals surface area contributed by atoms with Gasteiger partial charge in [-0.1, -0.05) is 13.8 Å². The van der Waals surface area contributed by atoms with Crippen LogP contribution in [0.25, 0.3) is 0 Å². The molecule has 0 bridgehead atoms. The van der Waals surface area contributed by atoms with Crippen LogP contribution in [0.1, 0.15) is 51.2 Å². The summed E-state index contributed by atoms with van der Waals surface area (Å²) in [4.78, 5) is 0. The quantitative estimate of drug-likeness (QED) is 0.820. The highest BCUT2D eigenvalue weighted by atomic mass is 15.3. The van der Waals surface area contributed by atoms with Gasteiger partial charge in [0, 0.05) is 13.0 Å². The lowest BCUT2D eigenvalue weighted by Crippen LogP contribution is -2.38. The van der Waals surface area contributed by atoms with E-state index in [1.54, 1.807) is 0 Å². The van der Waals surface area contributed by atoms with Crippen LogP contribution in [0.5, 0.6) is 0 Å². The molecule has 15 heavy (non-hydrogen) atoms. The molecule has 1 aromatic heterocycles. The molecule has 0 fully saturated rings. The molecule has 0 amide bonds. The third-order valence-corrected chi connectivity index (χ3v) is 3.57. The smallest absolute Gasteiger partial charge is 0.153 e. The van der Waals surface area contributed by atoms with Crippen molar-refractivity contribution in [1.82, 2.24) is 14.8 Å². The molecule has 0 saturated heterocycles. The zero-order chi connectivity index (χ0) is 10.9. The highest BCUT2D eigenvalue weighted by molar-refractivity contribution is 5.09. The number of fused-ring (bicyclic) bond motifs is 1. The first-order chi connectivity index (χ1) is 7.21. The zero-order valence-corrected chi connectivity index (χ0v) is 9.66. The average Bonchev–Trinajstić information content (AvgIpc) is 2.72. The van der Waals surface area contributed by atoms with Crippen LogP contribution in [0.15, 0.2) is 0 Å². The molecule has 1 aliphatic rings. The predicted molar refractivity (Wildman–Crippen MR) is 59.4 cm³/mol. The van der Waals surface area contributed by atoms with Crippen LogP contribution in [-0.2, 0) is 18.5 Å². The lowest BCUT2D eigenvalue weighted by atomic mass is 9.93. The number of hydrogen-bond donors (Lipinski definition) is 1. The van der Waals surface area contributed by atoms with Gasteiger partial charge in [0.05, 0.1) is 5.54 Å². The molecule has 4 nitrogen and oxygen atoms in total. The van der Waals surface area contributed by atoms with E-state index in [2.05, 4.69) is 28.6 Å². The number of rotatable bonds is 3. The summed E-state index contributed by atoms with van der Waals surface area (Å²) in [6, 6.07) is 0. The van der Waals surface area contributed by atoms with Gasteiger partial charge >= 0.3 is 0 Å². The van der Waals surface area contributed by atoms with E-state index >= 15 is 0 Å². The summed E-state index contributed by atoms with van der Waals surface area (Å²) < 4.78 is 2.23. The minimum absolute atomic E-state index is 0.289. The minimum atomic E-state index is -0.289. The van der Waals surface area contributed by atoms with Gasteiger partial charge < -0.3 is 10.3 Å². The van der Waals surface area contributed by atoms with Gasteiger partial charge in [0.15, 0.2) is 5.82 Å². The second kappa shape index (κ2) is 3.93. The summed E-state index contributed by atoms with van der Waals surface area (Å²) >= 11 is 0. The molecule has 0 saturated carbocycles. The first-order valence-corrected chi connectivity index (χ1v) is 5.92. The van der Waals surface area contributed by atoms with E-state index < -0.39 is 0 Å². The Morgan fingerprint density at radius 1 is 1.27 bits per heavy atom. The molecule has 0 radical (unpaired) electrons. The van der Waals surface area contributed by atoms with E-state index in [1.165, 1.54) is 12.8 Å². The first-order valence-electron chi connectivity index (χ1n) is 5.92. The maximum atomic E-state index is 6.36. The van der Waals surface area contributed by atoms with Crippen LogP contribution in [0.2, 0.25) is 0 Å². The van der Waals surface area contributed by atoms with E-state index in [4.69, 9.17) is 5.73 Å². The molecule has 0 atom stereocenters. The normalized spacial score (nSPS) is 16.5. The summed E-state index contributed by atoms with van der Waals surface area (Å²) in [5.41, 5.74) is 6.07. The molecule has 0 aromatic carbocycles. The molecule has 4 heteroatoms. The number of nitrogens with zero attached hydrogens (tertiary/aromatic N) is 3. The predicted octanol–water partition coefficient (Wildman–Crippen LogP) is 1.59. The summed E-state index contributed by atoms with van der Waals surface area (Å²) in [5, 5.41) is 8.55. The van der Waals surface area contributed by atoms with Crippen molar-refractivity contribution in [3.8, 4) is 0 Å². The van der Waals surface area contributed by atoms with E-state index in [1.807, 2.05) is 0 Å². The fraction of sp³-hybridized carbons (Fsp3) is 0.818. The van der Waals surface area contributed by atoms with E-state index in [9.17, 15) is 0 Å². The molecule has 0 unspecified atom stereocenters. The Morgan fingerprint density at radius 2 is 2.00 bits per heavy atom. The van der Waals surface area contributed by atoms with Crippen molar-refractivity contribution in [2.75, 3.05) is 0 Å². The topological polar surface area (TPSA) is 56.7 Å². The molecule has 0 aliphatic carbocycles. The third kappa shape index (κ3) is 1.67. The molecular weight excluding hydrogens is 188 g/mol. The number of aryl methyl sites for hydroxylation is 1. The first kappa shape index (κ1) is 10.6. The fourth-order valence-corrected chi connectivity index (χ4v) is 2.24. The van der Waals surface area contributed by atoms with Crippen molar-refractivity contribution in [2.24, 2.45) is 5.73 Å². The second-order valence-electron chi connectivity index (χ2n) is 4.41. The molecule has 1 aromatic rings. The Morgan fingerprint density at radius 3 is 2.67 bits per heavy atom. The van der Waals surface area contributed by atoms with E-state index in [-0.39, 0.29) is 5.54 Å². The molecule has 2 rings (SSSR count). The van der Waals surface area contributed by atoms with Gasteiger partial charge in [-0.2, -0.15) is 0 Å². The Labute approximate surface area is 90.9 Å². The van der Waals surface area contributed by atoms with Crippen molar-refractivity contribution in [3.63, 3.8) is 0 Å². The maximum absolute atomic E-state index is 6.36. The standard InChI is InChI=1S/C11H20N4/c1-3-11(12,4-2)10-14-13-9-7-5-6-8-15(9)10/h3-8,12H2,1-2H3. The fourth-order valence-electron chi connectivity index (χ4n) is 2.24. The highest BCUT2D eigenvalue weighted by Gasteiger charge is 2.31. The van der Waals surface area contributed by atoms with E-state index in [0.29, 0.717) is 0 Å². The third-order valence-electron chi connectivity index (χ3n) is 3.57. The Bertz CT molecular complexity index is 338. The van der Waals surface area contributed by atoms with Gasteiger partial charge in [-0.05, 0) is 25.7 Å². The Hall–Kier alpha value is -0.900. The largest absolute Gasteiger partial charge is 0.319 e. The van der Waals surface area contributed by atoms with Gasteiger partial charge in [0.1, 0.15) is 5.82 Å². The molecule has 2 heterocycles. The van der Waals surface area contributed by atoms with Gasteiger partial charge in [0.2, 0.25) is 0 Å². The summed E-state index contributed by atoms with van der Waals surface area (Å²) in [6.07, 6.45) is 5.34. The maximum Gasteiger partial charge on any atom is 0.153 e. The van der Waals surface area contributed by atoms with Crippen molar-refractivity contribution < 1.29 is 0 Å². The number of aromatic nitrogens is 3. The summed E-state index contributed by atoms with van der Waals surface area (Å²) in [7, 11) is 0. The lowest BCUT2D eigenvalue weighted by Gasteiger charge is -2.27. The molecular formula is C11H20N4. The number of hydrogen-bond acceptors (Lipinski definition) is 3. The summed E-state index contributed by atoms with van der Waals surface area (Å²) in [6.45, 7) is 5.28. The van der Waals surface area contributed by atoms with Gasteiger partial charge in [-0.3, -0.25) is 0 Å².